The van der Waals surface area contributed by atoms with Gasteiger partial charge in [-0.3, -0.25) is 23.9 Å². The Morgan fingerprint density at radius 3 is 1.60 bits per heavy atom. The summed E-state index contributed by atoms with van der Waals surface area (Å²) >= 11 is 0. The van der Waals surface area contributed by atoms with E-state index in [1.165, 1.54) is 5.56 Å². The average Bonchev–Trinajstić information content (AvgIpc) is 4.13. The molecule has 348 valence electrons. The number of piperazine rings is 2. The van der Waals surface area contributed by atoms with Gasteiger partial charge in [-0.25, -0.2) is 19.0 Å². The van der Waals surface area contributed by atoms with Gasteiger partial charge in [0, 0.05) is 118 Å². The summed E-state index contributed by atoms with van der Waals surface area (Å²) in [5, 5.41) is 20.5. The molecule has 8 heterocycles. The molecule has 1 N–H and O–H groups in total. The fraction of sp³-hybridized carbons (Fsp3) is 0.373. The number of rotatable bonds is 10. The number of fused-ring (bicyclic) bond motifs is 2. The zero-order valence-corrected chi connectivity index (χ0v) is 39.0. The highest BCUT2D eigenvalue weighted by Gasteiger charge is 2.32. The number of nitrogens with zero attached hydrogens (tertiary/aromatic N) is 13. The van der Waals surface area contributed by atoms with E-state index in [2.05, 4.69) is 117 Å². The smallest absolute Gasteiger partial charge is 0.239 e. The van der Waals surface area contributed by atoms with Crippen LogP contribution in [0.1, 0.15) is 57.4 Å². The number of hydrogen-bond acceptors (Lipinski definition) is 10. The minimum absolute atomic E-state index is 0. The maximum absolute atomic E-state index is 13.0. The van der Waals surface area contributed by atoms with E-state index in [0.29, 0.717) is 19.0 Å². The van der Waals surface area contributed by atoms with Gasteiger partial charge in [0.05, 0.1) is 46.9 Å². The lowest BCUT2D eigenvalue weighted by Crippen LogP contribution is -2.56. The maximum atomic E-state index is 13.0. The second-order valence-electron chi connectivity index (χ2n) is 18.2. The van der Waals surface area contributed by atoms with E-state index in [4.69, 9.17) is 0 Å². The Balaban J connectivity index is 0.000000180. The van der Waals surface area contributed by atoms with Crippen LogP contribution in [0.5, 0.6) is 0 Å². The van der Waals surface area contributed by atoms with Gasteiger partial charge in [0.15, 0.2) is 0 Å². The summed E-state index contributed by atoms with van der Waals surface area (Å²) in [6.07, 6.45) is 14.9. The van der Waals surface area contributed by atoms with Crippen LogP contribution in [0.15, 0.2) is 98.4 Å². The highest BCUT2D eigenvalue weighted by atomic mass is 16.2. The molecule has 0 spiro atoms. The lowest BCUT2D eigenvalue weighted by molar-refractivity contribution is -0.142. The first-order valence-electron chi connectivity index (χ1n) is 22.7. The zero-order chi connectivity index (χ0) is 46.2. The standard InChI is InChI=1S/C27H33N7O.C23H25N7O.CH4/c1-18(2)13-32-8-9-33(27(35)20(32)4)15-22-7-6-21(10-19(22)3)26-25-11-23(16-34(25)30-17-28-26)24-12-29-31(5)14-24;1-15-8-17(4-5-18(15)12-29-7-6-24-16(2)23(29)31)22-21-9-19(13-30(21)27-14-25-22)20-10-26-28(3)11-20;/h6-7,10-12,14,16-18,20H,8-9,13,15H2,1-5H3;4-5,8-11,13-14,16,24H,6-7,12H2,1-3H3;1H4. The molecule has 2 unspecified atom stereocenters. The highest BCUT2D eigenvalue weighted by Crippen LogP contribution is 2.31. The van der Waals surface area contributed by atoms with Gasteiger partial charge in [0.2, 0.25) is 11.8 Å². The Bertz CT molecular complexity index is 3050. The average molecular weight is 903 g/mol. The van der Waals surface area contributed by atoms with Crippen molar-refractivity contribution in [2.75, 3.05) is 32.7 Å². The molecule has 0 saturated carbocycles. The molecule has 2 atom stereocenters. The first-order valence-corrected chi connectivity index (χ1v) is 22.7. The largest absolute Gasteiger partial charge is 0.336 e. The molecular weight excluding hydrogens is 841 g/mol. The number of hydrogen-bond donors (Lipinski definition) is 1. The van der Waals surface area contributed by atoms with E-state index >= 15 is 0 Å². The van der Waals surface area contributed by atoms with E-state index in [-0.39, 0.29) is 31.3 Å². The second-order valence-corrected chi connectivity index (χ2v) is 18.2. The Labute approximate surface area is 392 Å². The van der Waals surface area contributed by atoms with Crippen molar-refractivity contribution in [1.82, 2.24) is 68.8 Å². The van der Waals surface area contributed by atoms with Crippen molar-refractivity contribution in [1.29, 1.82) is 0 Å². The van der Waals surface area contributed by atoms with Crippen LogP contribution >= 0.6 is 0 Å². The fourth-order valence-corrected chi connectivity index (χ4v) is 9.11. The molecule has 16 nitrogen and oxygen atoms in total. The van der Waals surface area contributed by atoms with Crippen LogP contribution in [-0.4, -0.2) is 120 Å². The number of nitrogens with one attached hydrogen (secondary N) is 1. The van der Waals surface area contributed by atoms with Crippen molar-refractivity contribution in [3.8, 4) is 44.8 Å². The second kappa shape index (κ2) is 19.4. The minimum Gasteiger partial charge on any atom is -0.336 e. The molecule has 2 amide bonds. The molecule has 2 aliphatic rings. The summed E-state index contributed by atoms with van der Waals surface area (Å²) < 4.78 is 7.30. The third-order valence-corrected chi connectivity index (χ3v) is 12.8. The molecule has 2 fully saturated rings. The van der Waals surface area contributed by atoms with Crippen molar-refractivity contribution in [3.63, 3.8) is 0 Å². The summed E-state index contributed by atoms with van der Waals surface area (Å²) in [6.45, 7) is 18.0. The van der Waals surface area contributed by atoms with Gasteiger partial charge < -0.3 is 15.1 Å². The van der Waals surface area contributed by atoms with E-state index in [9.17, 15) is 9.59 Å². The van der Waals surface area contributed by atoms with Crippen molar-refractivity contribution in [2.45, 2.75) is 74.1 Å². The normalized spacial score (nSPS) is 16.8. The number of amides is 2. The molecular formula is C51H62N14O2. The first-order chi connectivity index (χ1) is 31.8. The van der Waals surface area contributed by atoms with Crippen LogP contribution in [0.25, 0.3) is 55.8 Å². The lowest BCUT2D eigenvalue weighted by Gasteiger charge is -2.40. The maximum Gasteiger partial charge on any atom is 0.239 e. The molecule has 0 bridgehead atoms. The van der Waals surface area contributed by atoms with Gasteiger partial charge in [-0.2, -0.15) is 20.4 Å². The molecule has 10 rings (SSSR count). The molecule has 67 heavy (non-hydrogen) atoms. The van der Waals surface area contributed by atoms with Gasteiger partial charge in [0.1, 0.15) is 12.7 Å². The molecule has 8 aromatic rings. The Kier molecular flexibility index (Phi) is 13.5. The highest BCUT2D eigenvalue weighted by molar-refractivity contribution is 5.85. The van der Waals surface area contributed by atoms with E-state index in [0.717, 1.165) is 105 Å². The number of carbonyl (C=O) groups is 2. The number of aryl methyl sites for hydroxylation is 4. The van der Waals surface area contributed by atoms with Crippen molar-refractivity contribution in [3.05, 3.63) is 121 Å². The predicted molar refractivity (Wildman–Crippen MR) is 262 cm³/mol. The molecule has 6 aromatic heterocycles. The monoisotopic (exact) mass is 903 g/mol. The van der Waals surface area contributed by atoms with E-state index in [1.807, 2.05) is 84.0 Å². The van der Waals surface area contributed by atoms with E-state index in [1.54, 1.807) is 22.0 Å². The van der Waals surface area contributed by atoms with Crippen molar-refractivity contribution < 1.29 is 9.59 Å². The summed E-state index contributed by atoms with van der Waals surface area (Å²) in [6, 6.07) is 16.7. The van der Waals surface area contributed by atoms with Crippen LogP contribution in [0, 0.1) is 19.8 Å². The first kappa shape index (κ1) is 46.5. The Hall–Kier alpha value is -7.04. The van der Waals surface area contributed by atoms with E-state index < -0.39 is 0 Å². The Morgan fingerprint density at radius 1 is 0.627 bits per heavy atom. The molecule has 2 saturated heterocycles. The van der Waals surface area contributed by atoms with Gasteiger partial charge in [-0.15, -0.1) is 0 Å². The molecule has 0 radical (unpaired) electrons. The molecule has 0 aliphatic carbocycles. The zero-order valence-electron chi connectivity index (χ0n) is 39.0. The summed E-state index contributed by atoms with van der Waals surface area (Å²) in [4.78, 5) is 40.9. The summed E-state index contributed by atoms with van der Waals surface area (Å²) in [5.41, 5.74) is 14.5. The van der Waals surface area contributed by atoms with Crippen molar-refractivity contribution in [2.24, 2.45) is 20.0 Å². The van der Waals surface area contributed by atoms with Crippen LogP contribution in [-0.2, 0) is 36.8 Å². The van der Waals surface area contributed by atoms with Crippen LogP contribution in [0.2, 0.25) is 0 Å². The predicted octanol–water partition coefficient (Wildman–Crippen LogP) is 6.86. The minimum atomic E-state index is -0.119. The van der Waals surface area contributed by atoms with Gasteiger partial charge >= 0.3 is 0 Å². The van der Waals surface area contributed by atoms with Crippen molar-refractivity contribution >= 4 is 22.8 Å². The SMILES string of the molecule is C.Cc1cc(-c2ncnn3cc(-c4cnn(C)c4)cc23)ccc1CN1CCN(CC(C)C)C(C)C1=O.Cc1cc(-c2ncnn3cc(-c4cnn(C)c4)cc23)ccc1CN1CCNC(C)C1=O. The molecule has 2 aromatic carbocycles. The fourth-order valence-electron chi connectivity index (χ4n) is 9.11. The van der Waals surface area contributed by atoms with Gasteiger partial charge in [-0.1, -0.05) is 45.5 Å². The summed E-state index contributed by atoms with van der Waals surface area (Å²) in [5.74, 6) is 0.929. The molecule has 16 heteroatoms. The number of carbonyl (C=O) groups excluding carboxylic acids is 2. The lowest BCUT2D eigenvalue weighted by atomic mass is 10.0. The third kappa shape index (κ3) is 9.77. The number of aromatic nitrogens is 10. The van der Waals surface area contributed by atoms with Crippen LogP contribution < -0.4 is 5.32 Å². The third-order valence-electron chi connectivity index (χ3n) is 12.8. The Morgan fingerprint density at radius 2 is 1.13 bits per heavy atom. The van der Waals surface area contributed by atoms with Crippen LogP contribution in [0.3, 0.4) is 0 Å². The number of benzene rings is 2. The van der Waals surface area contributed by atoms with Crippen LogP contribution in [0.4, 0.5) is 0 Å². The summed E-state index contributed by atoms with van der Waals surface area (Å²) in [7, 11) is 3.82. The topological polar surface area (TPSA) is 152 Å². The van der Waals surface area contributed by atoms with Gasteiger partial charge in [0.25, 0.3) is 0 Å². The quantitative estimate of drug-likeness (QED) is 0.154. The molecule has 2 aliphatic heterocycles. The van der Waals surface area contributed by atoms with Gasteiger partial charge in [-0.05, 0) is 80.1 Å².